The molecule has 0 unspecified atom stereocenters. The van der Waals surface area contributed by atoms with E-state index in [4.69, 9.17) is 10.6 Å². The minimum absolute atomic E-state index is 0.673. The van der Waals surface area contributed by atoms with Gasteiger partial charge in [-0.3, -0.25) is 11.3 Å². The lowest BCUT2D eigenvalue weighted by molar-refractivity contribution is 0.307. The van der Waals surface area contributed by atoms with E-state index in [1.54, 1.807) is 0 Å². The zero-order valence-electron chi connectivity index (χ0n) is 7.29. The molecule has 0 aliphatic rings. The van der Waals surface area contributed by atoms with E-state index in [1.165, 1.54) is 0 Å². The summed E-state index contributed by atoms with van der Waals surface area (Å²) in [6.45, 7) is 1.44. The molecule has 3 nitrogen and oxygen atoms in total. The molecule has 0 saturated heterocycles. The standard InChI is InChI=1S/C9H13BrN2O/c10-8-4-1-2-5-9(8)13-7-3-6-12-11/h1-2,4-5,12H,3,6-7,11H2. The van der Waals surface area contributed by atoms with Gasteiger partial charge in [0.25, 0.3) is 0 Å². The Morgan fingerprint density at radius 2 is 2.15 bits per heavy atom. The summed E-state index contributed by atoms with van der Waals surface area (Å²) in [7, 11) is 0. The Balaban J connectivity index is 2.32. The molecule has 0 atom stereocenters. The second-order valence-corrected chi connectivity index (χ2v) is 3.44. The highest BCUT2D eigenvalue weighted by atomic mass is 79.9. The normalized spacial score (nSPS) is 10.0. The van der Waals surface area contributed by atoms with Gasteiger partial charge in [0.05, 0.1) is 11.1 Å². The highest BCUT2D eigenvalue weighted by Crippen LogP contribution is 2.23. The van der Waals surface area contributed by atoms with E-state index in [0.717, 1.165) is 23.2 Å². The largest absolute Gasteiger partial charge is 0.492 e. The van der Waals surface area contributed by atoms with E-state index in [0.29, 0.717) is 6.61 Å². The molecule has 0 radical (unpaired) electrons. The van der Waals surface area contributed by atoms with Crippen molar-refractivity contribution in [2.45, 2.75) is 6.42 Å². The first kappa shape index (κ1) is 10.5. The van der Waals surface area contributed by atoms with Gasteiger partial charge in [0, 0.05) is 6.54 Å². The van der Waals surface area contributed by atoms with E-state index in [-0.39, 0.29) is 0 Å². The number of ether oxygens (including phenoxy) is 1. The van der Waals surface area contributed by atoms with Crippen LogP contribution in [0.3, 0.4) is 0 Å². The summed E-state index contributed by atoms with van der Waals surface area (Å²) < 4.78 is 6.48. The van der Waals surface area contributed by atoms with Crippen molar-refractivity contribution >= 4 is 15.9 Å². The summed E-state index contributed by atoms with van der Waals surface area (Å²) >= 11 is 3.40. The molecule has 0 spiro atoms. The predicted octanol–water partition coefficient (Wildman–Crippen LogP) is 1.68. The molecule has 4 heteroatoms. The number of hydrogen-bond donors (Lipinski definition) is 2. The van der Waals surface area contributed by atoms with E-state index in [2.05, 4.69) is 21.4 Å². The fraction of sp³-hybridized carbons (Fsp3) is 0.333. The van der Waals surface area contributed by atoms with Gasteiger partial charge >= 0.3 is 0 Å². The molecule has 72 valence electrons. The molecule has 1 rings (SSSR count). The SMILES string of the molecule is NNCCCOc1ccccc1Br. The van der Waals surface area contributed by atoms with Gasteiger partial charge in [0.15, 0.2) is 0 Å². The second kappa shape index (κ2) is 5.96. The van der Waals surface area contributed by atoms with Crippen LogP contribution in [0.15, 0.2) is 28.7 Å². The average molecular weight is 245 g/mol. The first-order chi connectivity index (χ1) is 6.34. The fourth-order valence-electron chi connectivity index (χ4n) is 0.918. The summed E-state index contributed by atoms with van der Waals surface area (Å²) in [5.41, 5.74) is 2.58. The molecule has 1 aromatic rings. The van der Waals surface area contributed by atoms with Crippen molar-refractivity contribution in [3.05, 3.63) is 28.7 Å². The van der Waals surface area contributed by atoms with Crippen LogP contribution in [0.2, 0.25) is 0 Å². The zero-order chi connectivity index (χ0) is 9.52. The molecule has 0 aliphatic heterocycles. The Hall–Kier alpha value is -0.580. The molecule has 0 aliphatic carbocycles. The van der Waals surface area contributed by atoms with Crippen molar-refractivity contribution in [3.8, 4) is 5.75 Å². The van der Waals surface area contributed by atoms with Crippen molar-refractivity contribution in [3.63, 3.8) is 0 Å². The Bertz CT molecular complexity index is 255. The highest BCUT2D eigenvalue weighted by Gasteiger charge is 1.97. The molecule has 1 aromatic carbocycles. The predicted molar refractivity (Wildman–Crippen MR) is 56.4 cm³/mol. The summed E-state index contributed by atoms with van der Waals surface area (Å²) in [4.78, 5) is 0. The van der Waals surface area contributed by atoms with E-state index >= 15 is 0 Å². The minimum atomic E-state index is 0.673. The third-order valence-electron chi connectivity index (χ3n) is 1.56. The molecular weight excluding hydrogens is 232 g/mol. The van der Waals surface area contributed by atoms with Crippen LogP contribution in [-0.2, 0) is 0 Å². The van der Waals surface area contributed by atoms with Crippen LogP contribution in [0.25, 0.3) is 0 Å². The maximum Gasteiger partial charge on any atom is 0.133 e. The number of hydrazine groups is 1. The molecule has 0 aromatic heterocycles. The number of benzene rings is 1. The highest BCUT2D eigenvalue weighted by molar-refractivity contribution is 9.10. The van der Waals surface area contributed by atoms with E-state index in [9.17, 15) is 0 Å². The number of rotatable bonds is 5. The lowest BCUT2D eigenvalue weighted by Crippen LogP contribution is -2.24. The quantitative estimate of drug-likeness (QED) is 0.471. The summed E-state index contributed by atoms with van der Waals surface area (Å²) in [5, 5.41) is 0. The number of nitrogens with two attached hydrogens (primary N) is 1. The van der Waals surface area contributed by atoms with Gasteiger partial charge < -0.3 is 4.74 Å². The van der Waals surface area contributed by atoms with Gasteiger partial charge in [-0.1, -0.05) is 12.1 Å². The fourth-order valence-corrected chi connectivity index (χ4v) is 1.32. The molecule has 0 bridgehead atoms. The molecule has 0 heterocycles. The smallest absolute Gasteiger partial charge is 0.133 e. The van der Waals surface area contributed by atoms with Crippen LogP contribution < -0.4 is 16.0 Å². The van der Waals surface area contributed by atoms with Crippen LogP contribution >= 0.6 is 15.9 Å². The van der Waals surface area contributed by atoms with Gasteiger partial charge in [-0.15, -0.1) is 0 Å². The van der Waals surface area contributed by atoms with Crippen LogP contribution in [-0.4, -0.2) is 13.2 Å². The van der Waals surface area contributed by atoms with Gasteiger partial charge in [0.2, 0.25) is 0 Å². The number of para-hydroxylation sites is 1. The lowest BCUT2D eigenvalue weighted by Gasteiger charge is -2.06. The van der Waals surface area contributed by atoms with Crippen LogP contribution in [0, 0.1) is 0 Å². The molecular formula is C9H13BrN2O. The lowest BCUT2D eigenvalue weighted by atomic mass is 10.3. The first-order valence-corrected chi connectivity index (χ1v) is 4.94. The molecule has 0 amide bonds. The number of hydrogen-bond acceptors (Lipinski definition) is 3. The molecule has 13 heavy (non-hydrogen) atoms. The van der Waals surface area contributed by atoms with Crippen LogP contribution in [0.5, 0.6) is 5.75 Å². The van der Waals surface area contributed by atoms with Crippen molar-refractivity contribution in [2.24, 2.45) is 5.84 Å². The van der Waals surface area contributed by atoms with Gasteiger partial charge in [-0.2, -0.15) is 0 Å². The van der Waals surface area contributed by atoms with Crippen molar-refractivity contribution < 1.29 is 4.74 Å². The van der Waals surface area contributed by atoms with E-state index in [1.807, 2.05) is 24.3 Å². The third-order valence-corrected chi connectivity index (χ3v) is 2.21. The molecule has 3 N–H and O–H groups in total. The van der Waals surface area contributed by atoms with Gasteiger partial charge in [-0.25, -0.2) is 0 Å². The van der Waals surface area contributed by atoms with Crippen LogP contribution in [0.4, 0.5) is 0 Å². The zero-order valence-corrected chi connectivity index (χ0v) is 8.88. The number of halogens is 1. The second-order valence-electron chi connectivity index (χ2n) is 2.59. The Morgan fingerprint density at radius 3 is 2.85 bits per heavy atom. The number of nitrogens with one attached hydrogen (secondary N) is 1. The first-order valence-electron chi connectivity index (χ1n) is 4.15. The Labute approximate surface area is 86.4 Å². The van der Waals surface area contributed by atoms with Crippen molar-refractivity contribution in [1.29, 1.82) is 0 Å². The summed E-state index contributed by atoms with van der Waals surface area (Å²) in [6.07, 6.45) is 0.901. The monoisotopic (exact) mass is 244 g/mol. The Kier molecular flexibility index (Phi) is 4.82. The van der Waals surface area contributed by atoms with Gasteiger partial charge in [-0.05, 0) is 34.5 Å². The Morgan fingerprint density at radius 1 is 1.38 bits per heavy atom. The molecule has 0 saturated carbocycles. The van der Waals surface area contributed by atoms with E-state index < -0.39 is 0 Å². The molecule has 0 fully saturated rings. The topological polar surface area (TPSA) is 47.3 Å². The average Bonchev–Trinajstić information content (AvgIpc) is 2.15. The van der Waals surface area contributed by atoms with Crippen LogP contribution in [0.1, 0.15) is 6.42 Å². The summed E-state index contributed by atoms with van der Waals surface area (Å²) in [5.74, 6) is 6.00. The maximum absolute atomic E-state index is 5.50. The van der Waals surface area contributed by atoms with Crippen molar-refractivity contribution in [1.82, 2.24) is 5.43 Å². The summed E-state index contributed by atoms with van der Waals surface area (Å²) in [6, 6.07) is 7.79. The minimum Gasteiger partial charge on any atom is -0.492 e. The van der Waals surface area contributed by atoms with Crippen molar-refractivity contribution in [2.75, 3.05) is 13.2 Å². The third kappa shape index (κ3) is 3.76. The van der Waals surface area contributed by atoms with Gasteiger partial charge in [0.1, 0.15) is 5.75 Å². The maximum atomic E-state index is 5.50.